The van der Waals surface area contributed by atoms with E-state index in [-0.39, 0.29) is 23.7 Å². The summed E-state index contributed by atoms with van der Waals surface area (Å²) in [5, 5.41) is 0. The summed E-state index contributed by atoms with van der Waals surface area (Å²) >= 11 is 0. The van der Waals surface area contributed by atoms with Crippen molar-refractivity contribution in [2.75, 3.05) is 0 Å². The van der Waals surface area contributed by atoms with Gasteiger partial charge in [-0.15, -0.1) is 0 Å². The van der Waals surface area contributed by atoms with Gasteiger partial charge in [0, 0.05) is 12.6 Å². The fourth-order valence-electron chi connectivity index (χ4n) is 6.78. The van der Waals surface area contributed by atoms with Crippen molar-refractivity contribution in [3.63, 3.8) is 0 Å². The fourth-order valence-corrected chi connectivity index (χ4v) is 9.78. The molecule has 0 aliphatic carbocycles. The molecular weight excluding hydrogens is 613 g/mol. The third-order valence-electron chi connectivity index (χ3n) is 8.37. The second kappa shape index (κ2) is 20.4. The van der Waals surface area contributed by atoms with Crippen LogP contribution in [0.3, 0.4) is 0 Å². The maximum absolute atomic E-state index is 6.08. The molecule has 0 aliphatic heterocycles. The molecule has 0 unspecified atom stereocenters. The van der Waals surface area contributed by atoms with Gasteiger partial charge >= 0.3 is 18.6 Å². The first-order chi connectivity index (χ1) is 20.9. The van der Waals surface area contributed by atoms with E-state index < -0.39 is 18.6 Å². The summed E-state index contributed by atoms with van der Waals surface area (Å²) < 4.78 is 22.2. The van der Waals surface area contributed by atoms with E-state index in [1.165, 1.54) is 36.8 Å². The standard InChI is InChI=1S/C34H60O2Si.C6H12O2Si.CH4/c1-15-16-22-31(6,7)25-33(10,11)29-18-20-30(21-19-29)34(12,13)26-32(8,9)23-17-24-37(14,35-27(2)3)36-28(4)5;1-5(2)7-9-8-6(3)4;/h18-21H,2,4,15-17,22-26H2,1,3,5-14H3;1,3,9H2,2,4H3;1H4. The number of rotatable bonds is 21. The van der Waals surface area contributed by atoms with E-state index in [1.807, 2.05) is 13.8 Å². The van der Waals surface area contributed by atoms with E-state index in [0.29, 0.717) is 16.9 Å². The number of unbranched alkanes of at least 4 members (excludes halogenated alkanes) is 1. The summed E-state index contributed by atoms with van der Waals surface area (Å²) in [7, 11) is -3.23. The molecule has 47 heavy (non-hydrogen) atoms. The molecule has 6 heteroatoms. The zero-order valence-corrected chi connectivity index (χ0v) is 35.0. The zero-order chi connectivity index (χ0) is 36.0. The van der Waals surface area contributed by atoms with Crippen molar-refractivity contribution in [1.29, 1.82) is 0 Å². The topological polar surface area (TPSA) is 36.9 Å². The lowest BCUT2D eigenvalue weighted by atomic mass is 9.68. The van der Waals surface area contributed by atoms with E-state index in [1.54, 1.807) is 13.8 Å². The summed E-state index contributed by atoms with van der Waals surface area (Å²) in [6, 6.07) is 10.5. The Labute approximate surface area is 296 Å². The van der Waals surface area contributed by atoms with Gasteiger partial charge in [-0.25, -0.2) is 0 Å². The normalized spacial score (nSPS) is 12.1. The van der Waals surface area contributed by atoms with Crippen LogP contribution in [0.15, 0.2) is 73.6 Å². The number of hydrogen-bond donors (Lipinski definition) is 0. The predicted molar refractivity (Wildman–Crippen MR) is 213 cm³/mol. The zero-order valence-electron chi connectivity index (χ0n) is 32.6. The Morgan fingerprint density at radius 2 is 0.979 bits per heavy atom. The highest BCUT2D eigenvalue weighted by Gasteiger charge is 2.37. The SMILES string of the molecule is C.C=C(C)O[SiH2]OC(=C)C.C=C(C)O[Si](C)(CCCC(C)(C)CC(C)(C)c1ccc(C(C)(C)CC(C)(C)CCCC)cc1)OC(=C)C. The van der Waals surface area contributed by atoms with Crippen molar-refractivity contribution in [2.45, 2.75) is 166 Å². The van der Waals surface area contributed by atoms with Crippen molar-refractivity contribution in [1.82, 2.24) is 0 Å². The Kier molecular flexibility index (Phi) is 20.3. The molecule has 272 valence electrons. The lowest BCUT2D eigenvalue weighted by molar-refractivity contribution is 0.227. The summed E-state index contributed by atoms with van der Waals surface area (Å²) in [5.74, 6) is 2.88. The van der Waals surface area contributed by atoms with E-state index in [0.717, 1.165) is 36.8 Å². The van der Waals surface area contributed by atoms with Crippen LogP contribution in [0.1, 0.15) is 154 Å². The third-order valence-corrected chi connectivity index (χ3v) is 12.4. The van der Waals surface area contributed by atoms with Crippen LogP contribution in [0.5, 0.6) is 0 Å². The van der Waals surface area contributed by atoms with Crippen molar-refractivity contribution in [3.05, 3.63) is 84.7 Å². The molecular formula is C41H76O4Si2. The largest absolute Gasteiger partial charge is 0.521 e. The summed E-state index contributed by atoms with van der Waals surface area (Å²) in [6.45, 7) is 46.1. The van der Waals surface area contributed by atoms with Gasteiger partial charge in [0.1, 0.15) is 0 Å². The van der Waals surface area contributed by atoms with Crippen LogP contribution in [0, 0.1) is 10.8 Å². The predicted octanol–water partition coefficient (Wildman–Crippen LogP) is 12.9. The maximum Gasteiger partial charge on any atom is 0.456 e. The average molecular weight is 689 g/mol. The van der Waals surface area contributed by atoms with Gasteiger partial charge in [0.15, 0.2) is 0 Å². The molecule has 0 saturated heterocycles. The molecule has 1 aromatic carbocycles. The third kappa shape index (κ3) is 20.7. The Bertz CT molecular complexity index is 1080. The molecule has 0 N–H and O–H groups in total. The quantitative estimate of drug-likeness (QED) is 0.0951. The minimum Gasteiger partial charge on any atom is -0.521 e. The van der Waals surface area contributed by atoms with Gasteiger partial charge < -0.3 is 17.7 Å². The summed E-state index contributed by atoms with van der Waals surface area (Å²) in [4.78, 5) is 0. The molecule has 0 atom stereocenters. The number of allylic oxidation sites excluding steroid dienone is 4. The molecule has 0 amide bonds. The van der Waals surface area contributed by atoms with Gasteiger partial charge in [0.2, 0.25) is 0 Å². The van der Waals surface area contributed by atoms with Crippen LogP contribution >= 0.6 is 0 Å². The molecule has 0 bridgehead atoms. The van der Waals surface area contributed by atoms with Crippen LogP contribution in [0.25, 0.3) is 0 Å². The van der Waals surface area contributed by atoms with Crippen LogP contribution in [-0.2, 0) is 28.5 Å². The highest BCUT2D eigenvalue weighted by Crippen LogP contribution is 2.43. The maximum atomic E-state index is 6.08. The molecule has 0 aliphatic rings. The molecule has 0 heterocycles. The molecule has 0 aromatic heterocycles. The molecule has 0 saturated carbocycles. The molecule has 1 aromatic rings. The van der Waals surface area contributed by atoms with Gasteiger partial charge in [-0.1, -0.05) is 133 Å². The highest BCUT2D eigenvalue weighted by molar-refractivity contribution is 6.66. The molecule has 0 fully saturated rings. The second-order valence-electron chi connectivity index (χ2n) is 16.5. The average Bonchev–Trinajstić information content (AvgIpc) is 2.85. The Balaban J connectivity index is 0. The van der Waals surface area contributed by atoms with E-state index in [4.69, 9.17) is 17.7 Å². The van der Waals surface area contributed by atoms with E-state index >= 15 is 0 Å². The molecule has 0 spiro atoms. The highest BCUT2D eigenvalue weighted by atomic mass is 28.4. The summed E-state index contributed by atoms with van der Waals surface area (Å²) in [5.41, 5.74) is 3.75. The van der Waals surface area contributed by atoms with Crippen molar-refractivity contribution in [2.24, 2.45) is 10.8 Å². The van der Waals surface area contributed by atoms with Crippen LogP contribution in [0.4, 0.5) is 0 Å². The Morgan fingerprint density at radius 3 is 1.28 bits per heavy atom. The fraction of sp³-hybridized carbons (Fsp3) is 0.659. The smallest absolute Gasteiger partial charge is 0.456 e. The van der Waals surface area contributed by atoms with Gasteiger partial charge in [0.05, 0.1) is 23.0 Å². The summed E-state index contributed by atoms with van der Waals surface area (Å²) in [6.07, 6.45) is 8.44. The first kappa shape index (κ1) is 46.9. The van der Waals surface area contributed by atoms with Crippen LogP contribution in [-0.4, -0.2) is 18.6 Å². The molecule has 0 radical (unpaired) electrons. The van der Waals surface area contributed by atoms with Gasteiger partial charge in [-0.2, -0.15) is 0 Å². The first-order valence-corrected chi connectivity index (χ1v) is 20.9. The van der Waals surface area contributed by atoms with Gasteiger partial charge in [-0.05, 0) is 92.6 Å². The lowest BCUT2D eigenvalue weighted by Gasteiger charge is -2.38. The minimum atomic E-state index is -2.35. The Morgan fingerprint density at radius 1 is 0.638 bits per heavy atom. The minimum absolute atomic E-state index is 0. The van der Waals surface area contributed by atoms with Crippen molar-refractivity contribution >= 4 is 18.6 Å². The number of benzene rings is 1. The van der Waals surface area contributed by atoms with E-state index in [9.17, 15) is 0 Å². The van der Waals surface area contributed by atoms with Crippen molar-refractivity contribution in [3.8, 4) is 0 Å². The van der Waals surface area contributed by atoms with Crippen LogP contribution < -0.4 is 0 Å². The monoisotopic (exact) mass is 689 g/mol. The first-order valence-electron chi connectivity index (χ1n) is 17.2. The lowest BCUT2D eigenvalue weighted by Crippen LogP contribution is -2.37. The Hall–Kier alpha value is -2.19. The van der Waals surface area contributed by atoms with Crippen molar-refractivity contribution < 1.29 is 17.7 Å². The van der Waals surface area contributed by atoms with E-state index in [2.05, 4.69) is 119 Å². The van der Waals surface area contributed by atoms with Gasteiger partial charge in [-0.3, -0.25) is 0 Å². The molecule has 1 rings (SSSR count). The van der Waals surface area contributed by atoms with Crippen LogP contribution in [0.2, 0.25) is 12.6 Å². The second-order valence-corrected chi connectivity index (χ2v) is 20.5. The molecule has 4 nitrogen and oxygen atoms in total. The number of hydrogen-bond acceptors (Lipinski definition) is 4. The van der Waals surface area contributed by atoms with Gasteiger partial charge in [0.25, 0.3) is 0 Å².